The van der Waals surface area contributed by atoms with Crippen LogP contribution in [0.5, 0.6) is 5.75 Å². The number of ether oxygens (including phenoxy) is 1. The van der Waals surface area contributed by atoms with E-state index in [1.165, 1.54) is 13.2 Å². The highest BCUT2D eigenvalue weighted by Gasteiger charge is 2.12. The molecule has 7 nitrogen and oxygen atoms in total. The van der Waals surface area contributed by atoms with Gasteiger partial charge in [0, 0.05) is 35.8 Å². The number of methoxy groups -OCH3 is 1. The van der Waals surface area contributed by atoms with E-state index in [2.05, 4.69) is 25.5 Å². The Bertz CT molecular complexity index is 1190. The number of hydrogen-bond acceptors (Lipinski definition) is 6. The summed E-state index contributed by atoms with van der Waals surface area (Å²) in [4.78, 5) is 8.74. The molecule has 1 aromatic carbocycles. The van der Waals surface area contributed by atoms with Gasteiger partial charge in [0.2, 0.25) is 5.95 Å². The molecule has 0 atom stereocenters. The van der Waals surface area contributed by atoms with Gasteiger partial charge in [-0.15, -0.1) is 10.2 Å². The number of benzene rings is 1. The summed E-state index contributed by atoms with van der Waals surface area (Å²) >= 11 is 0. The number of nitrogens with zero attached hydrogens (tertiary/aromatic N) is 5. The molecule has 29 heavy (non-hydrogen) atoms. The minimum absolute atomic E-state index is 0.209. The van der Waals surface area contributed by atoms with E-state index in [4.69, 9.17) is 4.74 Å². The van der Waals surface area contributed by atoms with Gasteiger partial charge in [-0.2, -0.15) is 0 Å². The van der Waals surface area contributed by atoms with Crippen LogP contribution >= 0.6 is 0 Å². The lowest BCUT2D eigenvalue weighted by molar-refractivity contribution is 0.405. The average Bonchev–Trinajstić information content (AvgIpc) is 3.23. The quantitative estimate of drug-likeness (QED) is 0.540. The maximum Gasteiger partial charge on any atom is 0.210 e. The molecule has 0 aliphatic rings. The van der Waals surface area contributed by atoms with E-state index in [0.717, 1.165) is 16.8 Å². The Balaban J connectivity index is 1.61. The van der Waals surface area contributed by atoms with Crippen molar-refractivity contribution >= 4 is 23.7 Å². The number of aryl methyl sites for hydroxylation is 1. The fraction of sp³-hybridized carbons (Fsp3) is 0.143. The molecule has 4 rings (SSSR count). The number of aromatic nitrogens is 5. The van der Waals surface area contributed by atoms with Crippen molar-refractivity contribution in [2.45, 2.75) is 13.5 Å². The van der Waals surface area contributed by atoms with Gasteiger partial charge in [-0.3, -0.25) is 9.38 Å². The van der Waals surface area contributed by atoms with Crippen LogP contribution < -0.4 is 10.1 Å². The first-order valence-electron chi connectivity index (χ1n) is 9.01. The highest BCUT2D eigenvalue weighted by atomic mass is 19.1. The summed E-state index contributed by atoms with van der Waals surface area (Å²) in [5.41, 5.74) is 3.82. The molecule has 0 amide bonds. The van der Waals surface area contributed by atoms with Crippen molar-refractivity contribution < 1.29 is 9.13 Å². The fourth-order valence-corrected chi connectivity index (χ4v) is 3.01. The molecular formula is C21H19FN6O. The molecule has 0 aliphatic heterocycles. The summed E-state index contributed by atoms with van der Waals surface area (Å²) < 4.78 is 21.1. The SMILES string of the molecule is COc1cccc(F)c1CNc1ncc(/C=C/c2cccnc2C)c2nncn12. The third-order valence-electron chi connectivity index (χ3n) is 4.57. The van der Waals surface area contributed by atoms with Crippen LogP contribution in [0.25, 0.3) is 17.8 Å². The number of halogens is 1. The first kappa shape index (κ1) is 18.5. The molecule has 0 saturated heterocycles. The summed E-state index contributed by atoms with van der Waals surface area (Å²) in [7, 11) is 1.51. The van der Waals surface area contributed by atoms with Crippen molar-refractivity contribution in [2.75, 3.05) is 12.4 Å². The highest BCUT2D eigenvalue weighted by Crippen LogP contribution is 2.23. The Kier molecular flexibility index (Phi) is 5.15. The Labute approximate surface area is 166 Å². The summed E-state index contributed by atoms with van der Waals surface area (Å²) in [6, 6.07) is 8.61. The van der Waals surface area contributed by atoms with Crippen LogP contribution in [0.15, 0.2) is 49.1 Å². The zero-order valence-electron chi connectivity index (χ0n) is 16.0. The zero-order valence-corrected chi connectivity index (χ0v) is 16.0. The van der Waals surface area contributed by atoms with Crippen molar-refractivity contribution in [1.29, 1.82) is 0 Å². The third-order valence-corrected chi connectivity index (χ3v) is 4.57. The van der Waals surface area contributed by atoms with Crippen molar-refractivity contribution in [3.05, 3.63) is 77.3 Å². The van der Waals surface area contributed by atoms with Gasteiger partial charge in [0.1, 0.15) is 17.9 Å². The van der Waals surface area contributed by atoms with Crippen molar-refractivity contribution in [3.63, 3.8) is 0 Å². The van der Waals surface area contributed by atoms with Crippen molar-refractivity contribution in [3.8, 4) is 5.75 Å². The van der Waals surface area contributed by atoms with Crippen LogP contribution in [0.3, 0.4) is 0 Å². The van der Waals surface area contributed by atoms with Gasteiger partial charge < -0.3 is 10.1 Å². The molecule has 0 unspecified atom stereocenters. The second-order valence-corrected chi connectivity index (χ2v) is 6.35. The van der Waals surface area contributed by atoms with Crippen LogP contribution in [0.4, 0.5) is 10.3 Å². The average molecular weight is 390 g/mol. The van der Waals surface area contributed by atoms with Gasteiger partial charge in [0.05, 0.1) is 7.11 Å². The second kappa shape index (κ2) is 8.05. The summed E-state index contributed by atoms with van der Waals surface area (Å²) in [5.74, 6) is 0.636. The molecule has 0 bridgehead atoms. The Hall–Kier alpha value is -3.81. The van der Waals surface area contributed by atoms with Gasteiger partial charge in [-0.25, -0.2) is 9.37 Å². The van der Waals surface area contributed by atoms with E-state index in [0.29, 0.717) is 22.9 Å². The third kappa shape index (κ3) is 3.77. The normalized spacial score (nSPS) is 11.3. The van der Waals surface area contributed by atoms with Crippen LogP contribution in [0, 0.1) is 12.7 Å². The Morgan fingerprint density at radius 2 is 2.00 bits per heavy atom. The maximum atomic E-state index is 14.2. The van der Waals surface area contributed by atoms with Crippen LogP contribution in [-0.2, 0) is 6.54 Å². The van der Waals surface area contributed by atoms with Gasteiger partial charge >= 0.3 is 0 Å². The highest BCUT2D eigenvalue weighted by molar-refractivity contribution is 5.76. The zero-order chi connectivity index (χ0) is 20.2. The first-order chi connectivity index (χ1) is 14.2. The molecule has 0 radical (unpaired) electrons. The van der Waals surface area contributed by atoms with Crippen molar-refractivity contribution in [2.24, 2.45) is 0 Å². The molecular weight excluding hydrogens is 371 g/mol. The van der Waals surface area contributed by atoms with Crippen molar-refractivity contribution in [1.82, 2.24) is 24.6 Å². The van der Waals surface area contributed by atoms with Gasteiger partial charge in [0.25, 0.3) is 0 Å². The predicted molar refractivity (Wildman–Crippen MR) is 109 cm³/mol. The van der Waals surface area contributed by atoms with Gasteiger partial charge in [-0.05, 0) is 36.8 Å². The molecule has 0 spiro atoms. The van der Waals surface area contributed by atoms with Gasteiger partial charge in [0.15, 0.2) is 5.65 Å². The lowest BCUT2D eigenvalue weighted by atomic mass is 10.1. The number of nitrogens with one attached hydrogen (secondary N) is 1. The van der Waals surface area contributed by atoms with E-state index in [1.54, 1.807) is 35.3 Å². The largest absolute Gasteiger partial charge is 0.496 e. The number of fused-ring (bicyclic) bond motifs is 1. The number of anilines is 1. The van der Waals surface area contributed by atoms with Gasteiger partial charge in [-0.1, -0.05) is 18.2 Å². The van der Waals surface area contributed by atoms with E-state index >= 15 is 0 Å². The lowest BCUT2D eigenvalue weighted by Gasteiger charge is -2.12. The van der Waals surface area contributed by atoms with E-state index in [9.17, 15) is 4.39 Å². The molecule has 1 N–H and O–H groups in total. The Morgan fingerprint density at radius 3 is 2.83 bits per heavy atom. The molecule has 8 heteroatoms. The standard InChI is InChI=1S/C21H19FN6O/c1-14-15(5-4-10-23-14)8-9-16-11-24-21(28-13-26-27-20(16)28)25-12-17-18(22)6-3-7-19(17)29-2/h3-11,13H,12H2,1-2H3,(H,24,25)/b9-8+. The summed E-state index contributed by atoms with van der Waals surface area (Å²) in [5, 5.41) is 11.3. The monoisotopic (exact) mass is 390 g/mol. The molecule has 146 valence electrons. The molecule has 3 heterocycles. The lowest BCUT2D eigenvalue weighted by Crippen LogP contribution is -2.09. The molecule has 0 saturated carbocycles. The van der Waals surface area contributed by atoms with E-state index in [-0.39, 0.29) is 12.4 Å². The van der Waals surface area contributed by atoms with Crippen LogP contribution in [-0.4, -0.2) is 31.7 Å². The van der Waals surface area contributed by atoms with Crippen LogP contribution in [0.1, 0.15) is 22.4 Å². The van der Waals surface area contributed by atoms with Crippen LogP contribution in [0.2, 0.25) is 0 Å². The fourth-order valence-electron chi connectivity index (χ4n) is 3.01. The number of hydrogen-bond donors (Lipinski definition) is 1. The van der Waals surface area contributed by atoms with E-state index in [1.807, 2.05) is 31.2 Å². The first-order valence-corrected chi connectivity index (χ1v) is 9.01. The molecule has 3 aromatic heterocycles. The summed E-state index contributed by atoms with van der Waals surface area (Å²) in [6.45, 7) is 2.16. The number of rotatable bonds is 6. The second-order valence-electron chi connectivity index (χ2n) is 6.35. The minimum atomic E-state index is -0.344. The molecule has 0 fully saturated rings. The number of pyridine rings is 1. The molecule has 4 aromatic rings. The summed E-state index contributed by atoms with van der Waals surface area (Å²) in [6.07, 6.45) is 8.91. The smallest absolute Gasteiger partial charge is 0.210 e. The predicted octanol–water partition coefficient (Wildman–Crippen LogP) is 3.76. The molecule has 0 aliphatic carbocycles. The maximum absolute atomic E-state index is 14.2. The minimum Gasteiger partial charge on any atom is -0.496 e. The Morgan fingerprint density at radius 1 is 1.14 bits per heavy atom. The van der Waals surface area contributed by atoms with E-state index < -0.39 is 0 Å². The topological polar surface area (TPSA) is 77.2 Å².